The van der Waals surface area contributed by atoms with Crippen LogP contribution in [0.3, 0.4) is 0 Å². The fourth-order valence-corrected chi connectivity index (χ4v) is 7.97. The van der Waals surface area contributed by atoms with Crippen LogP contribution in [0.4, 0.5) is 65.9 Å². The first-order valence-corrected chi connectivity index (χ1v) is 31.8. The third kappa shape index (κ3) is 57.5. The van der Waals surface area contributed by atoms with E-state index in [1.165, 1.54) is 28.0 Å². The molecule has 1 aromatic heterocycles. The van der Waals surface area contributed by atoms with E-state index in [-0.39, 0.29) is 133 Å². The number of aromatic amines is 1. The second-order valence-electron chi connectivity index (χ2n) is 21.2. The van der Waals surface area contributed by atoms with Crippen LogP contribution < -0.4 is 61.4 Å². The number of unbranched alkanes of at least 4 members (excludes halogenated alkanes) is 4. The minimum atomic E-state index is -5.08. The zero-order chi connectivity index (χ0) is 84.1. The maximum atomic E-state index is 14.4. The number of nitrogens with two attached hydrogens (primary N) is 7. The van der Waals surface area contributed by atoms with Gasteiger partial charge >= 0.3 is 60.7 Å². The van der Waals surface area contributed by atoms with E-state index in [4.69, 9.17) is 89.6 Å². The average molecular weight is 1610 g/mol. The van der Waals surface area contributed by atoms with Gasteiger partial charge in [-0.3, -0.25) is 43.5 Å². The van der Waals surface area contributed by atoms with Gasteiger partial charge in [0.1, 0.15) is 18.1 Å². The van der Waals surface area contributed by atoms with Gasteiger partial charge in [0.25, 0.3) is 0 Å². The number of thiol groups is 1. The van der Waals surface area contributed by atoms with Gasteiger partial charge in [-0.1, -0.05) is 6.42 Å². The van der Waals surface area contributed by atoms with Gasteiger partial charge in [0.05, 0.1) is 18.9 Å². The number of carbonyl (C=O) groups is 12. The van der Waals surface area contributed by atoms with Crippen molar-refractivity contribution in [2.45, 2.75) is 158 Å². The number of carboxylic acid groups (broad SMARTS) is 5. The molecular weight excluding hydrogens is 1520 g/mol. The molecule has 52 heteroatoms. The molecule has 0 aliphatic rings. The average Bonchev–Trinajstić information content (AvgIpc) is 1.31. The number of carboxylic acids is 5. The van der Waals surface area contributed by atoms with Crippen LogP contribution in [-0.2, 0) is 64.0 Å². The molecule has 620 valence electrons. The second kappa shape index (κ2) is 56.8. The van der Waals surface area contributed by atoms with Crippen molar-refractivity contribution in [3.05, 3.63) is 18.2 Å². The minimum absolute atomic E-state index is 0.0136. The number of rotatable bonds is 41. The highest BCUT2D eigenvalue weighted by Crippen LogP contribution is 2.19. The molecule has 1 rings (SSSR count). The Balaban J connectivity index is -0.000000801. The van der Waals surface area contributed by atoms with Crippen molar-refractivity contribution in [1.82, 2.24) is 45.9 Å². The van der Waals surface area contributed by atoms with Crippen molar-refractivity contribution >= 4 is 95.7 Å². The van der Waals surface area contributed by atoms with E-state index in [9.17, 15) is 105 Å². The Labute approximate surface area is 605 Å². The summed E-state index contributed by atoms with van der Waals surface area (Å²) in [6, 6.07) is -3.14. The molecule has 1 heterocycles. The van der Waals surface area contributed by atoms with Crippen molar-refractivity contribution in [2.75, 3.05) is 84.3 Å². The zero-order valence-electron chi connectivity index (χ0n) is 57.2. The molecule has 0 spiro atoms. The van der Waals surface area contributed by atoms with Crippen molar-refractivity contribution < 1.29 is 154 Å². The number of aliphatic hydroxyl groups is 1. The number of imidazole rings is 1. The summed E-state index contributed by atoms with van der Waals surface area (Å²) in [6.45, 7) is 2.63. The second-order valence-corrected chi connectivity index (χ2v) is 21.6. The number of hydrogen-bond acceptors (Lipinski definition) is 20. The number of hydrogen-bond donors (Lipinski definition) is 19. The summed E-state index contributed by atoms with van der Waals surface area (Å²) < 4.78 is 159. The Bertz CT molecular complexity index is 2740. The molecule has 25 N–H and O–H groups in total. The lowest BCUT2D eigenvalue weighted by Gasteiger charge is -2.34. The number of aliphatic carboxylic acids is 5. The molecule has 36 nitrogen and oxygen atoms in total. The third-order valence-corrected chi connectivity index (χ3v) is 12.8. The van der Waals surface area contributed by atoms with Crippen molar-refractivity contribution in [3.63, 3.8) is 0 Å². The number of aromatic nitrogens is 2. The molecule has 0 aliphatic heterocycles. The number of carbonyl (C=O) groups excluding carboxylic acids is 7. The van der Waals surface area contributed by atoms with E-state index in [1.54, 1.807) is 6.20 Å². The highest BCUT2D eigenvalue weighted by molar-refractivity contribution is 7.80. The molecule has 4 atom stereocenters. The van der Waals surface area contributed by atoms with Gasteiger partial charge < -0.3 is 112 Å². The van der Waals surface area contributed by atoms with Crippen molar-refractivity contribution in [2.24, 2.45) is 50.1 Å². The van der Waals surface area contributed by atoms with E-state index in [0.717, 1.165) is 12.8 Å². The monoisotopic (exact) mass is 1610 g/mol. The predicted octanol–water partition coefficient (Wildman–Crippen LogP) is -0.630. The Morgan fingerprint density at radius 1 is 0.477 bits per heavy atom. The smallest absolute Gasteiger partial charge is 0.475 e. The van der Waals surface area contributed by atoms with Gasteiger partial charge in [0.2, 0.25) is 41.4 Å². The van der Waals surface area contributed by atoms with E-state index in [2.05, 4.69) is 53.8 Å². The lowest BCUT2D eigenvalue weighted by Crippen LogP contribution is -2.56. The largest absolute Gasteiger partial charge is 0.490 e. The summed E-state index contributed by atoms with van der Waals surface area (Å²) in [4.78, 5) is 159. The first-order valence-electron chi connectivity index (χ1n) is 31.2. The number of nitrogens with zero attached hydrogens (tertiary/aromatic N) is 6. The van der Waals surface area contributed by atoms with Crippen LogP contribution in [0, 0.1) is 0 Å². The van der Waals surface area contributed by atoms with Gasteiger partial charge in [0.15, 0.2) is 11.9 Å². The molecule has 0 aromatic carbocycles. The SMILES string of the molecule is C[C@@H](O)CC(=O)N(CCN)[C@@H](CS)C(=O)NCCN(C(=O)CCCCN=C(N)N)[C@@H](CCCCN)C(=O)NCCN(C(=O)CCc1cnc[nH]1)[C@@H](CCCN=C(N)N)C(=O)NCCNC(=O)CCCCCN.O=C(O)C(F)(F)F.O=C(O)C(F)(F)F.O=C(O)C(F)(F)F.O=C(O)C(F)(F)F.O=C(O)C(F)(F)F. The summed E-state index contributed by atoms with van der Waals surface area (Å²) in [7, 11) is 0. The molecule has 0 unspecified atom stereocenters. The highest BCUT2D eigenvalue weighted by atomic mass is 32.1. The highest BCUT2D eigenvalue weighted by Gasteiger charge is 2.41. The number of nitrogens with one attached hydrogen (secondary N) is 5. The number of guanidine groups is 2. The molecule has 107 heavy (non-hydrogen) atoms. The van der Waals surface area contributed by atoms with Crippen molar-refractivity contribution in [3.8, 4) is 0 Å². The maximum Gasteiger partial charge on any atom is 0.490 e. The molecule has 0 saturated carbocycles. The molecule has 1 aromatic rings. The van der Waals surface area contributed by atoms with Crippen LogP contribution in [0.5, 0.6) is 0 Å². The number of aliphatic hydroxyl groups excluding tert-OH is 1. The van der Waals surface area contributed by atoms with Crippen LogP contribution in [0.1, 0.15) is 103 Å². The minimum Gasteiger partial charge on any atom is -0.475 e. The molecule has 0 radical (unpaired) electrons. The number of halogens is 15. The van der Waals surface area contributed by atoms with Gasteiger partial charge in [-0.2, -0.15) is 78.5 Å². The first-order chi connectivity index (χ1) is 49.2. The summed E-state index contributed by atoms with van der Waals surface area (Å²) in [6.07, 6.45) is -18.1. The van der Waals surface area contributed by atoms with E-state index >= 15 is 0 Å². The lowest BCUT2D eigenvalue weighted by atomic mass is 10.0. The maximum absolute atomic E-state index is 14.4. The quantitative estimate of drug-likeness (QED) is 0.0128. The Morgan fingerprint density at radius 2 is 0.832 bits per heavy atom. The third-order valence-electron chi connectivity index (χ3n) is 12.5. The number of alkyl halides is 15. The fraction of sp³-hybridized carbons (Fsp3) is 0.691. The summed E-state index contributed by atoms with van der Waals surface area (Å²) in [5.74, 6) is -17.1. The number of aryl methyl sites for hydroxylation is 1. The number of amides is 7. The standard InChI is InChI=1S/C45H86N18O8S.5C2HF3O2/c1-32(64)28-40(68)61(25-18-48)36(30-72)43(71)57-24-26-62(38(66)13-5-8-19-58-44(49)50)34(10-4-7-17-47)42(70)56-23-27-63(39(67)15-14-33-29-53-31-60-33)35(11-9-20-59-45(51)52)41(69)55-22-21-54-37(65)12-3-2-6-16-46;5*3-2(4,5)1(6)7/h29,31-32,34-36,64,72H,2-28,30,46-48H2,1H3,(H,53,60)(H,54,65)(H,55,69)(H,56,70)(H,57,71)(H4,49,50,58)(H4,51,52,59);5*(H,6,7)/t32-,34+,35+,36+;;;;;/m1...../s1. The van der Waals surface area contributed by atoms with Gasteiger partial charge in [-0.25, -0.2) is 29.0 Å². The van der Waals surface area contributed by atoms with Gasteiger partial charge in [0, 0.05) is 102 Å². The van der Waals surface area contributed by atoms with E-state index in [1.807, 2.05) is 0 Å². The van der Waals surface area contributed by atoms with Crippen molar-refractivity contribution in [1.29, 1.82) is 0 Å². The van der Waals surface area contributed by atoms with E-state index < -0.39 is 114 Å². The van der Waals surface area contributed by atoms with Gasteiger partial charge in [-0.05, 0) is 84.2 Å². The summed E-state index contributed by atoms with van der Waals surface area (Å²) in [5, 5.41) is 56.8. The zero-order valence-corrected chi connectivity index (χ0v) is 58.1. The molecule has 0 saturated heterocycles. The summed E-state index contributed by atoms with van der Waals surface area (Å²) >= 11 is 4.33. The van der Waals surface area contributed by atoms with Crippen LogP contribution in [-0.4, -0.2) is 278 Å². The predicted molar refractivity (Wildman–Crippen MR) is 348 cm³/mol. The Morgan fingerprint density at radius 3 is 1.20 bits per heavy atom. The molecule has 0 aliphatic carbocycles. The fourth-order valence-electron chi connectivity index (χ4n) is 7.61. The molecule has 7 amide bonds. The molecule has 0 fully saturated rings. The Kier molecular flexibility index (Phi) is 56.4. The van der Waals surface area contributed by atoms with Crippen LogP contribution in [0.25, 0.3) is 0 Å². The number of H-pyrrole nitrogens is 1. The molecular formula is C55H91F15N18O18S. The lowest BCUT2D eigenvalue weighted by molar-refractivity contribution is -0.193. The van der Waals surface area contributed by atoms with Crippen LogP contribution >= 0.6 is 12.6 Å². The molecule has 0 bridgehead atoms. The van der Waals surface area contributed by atoms with Gasteiger partial charge in [-0.15, -0.1) is 0 Å². The van der Waals surface area contributed by atoms with Crippen LogP contribution in [0.2, 0.25) is 0 Å². The Hall–Kier alpha value is -9.47. The van der Waals surface area contributed by atoms with E-state index in [0.29, 0.717) is 63.7 Å². The topological polar surface area (TPSA) is 620 Å². The summed E-state index contributed by atoms with van der Waals surface area (Å²) in [5.41, 5.74) is 39.9. The van der Waals surface area contributed by atoms with Crippen LogP contribution in [0.15, 0.2) is 22.5 Å². The first kappa shape index (κ1) is 106. The number of aliphatic imine (C=N–C) groups is 2. The normalized spacial score (nSPS) is 12.2.